The van der Waals surface area contributed by atoms with Gasteiger partial charge < -0.3 is 5.32 Å². The molecule has 0 amide bonds. The molecule has 0 radical (unpaired) electrons. The summed E-state index contributed by atoms with van der Waals surface area (Å²) in [5.41, 5.74) is 1.83. The second-order valence-electron chi connectivity index (χ2n) is 3.89. The maximum absolute atomic E-state index is 11.2. The third kappa shape index (κ3) is 2.96. The number of nitrogens with one attached hydrogen (secondary N) is 2. The number of hydrogen-bond acceptors (Lipinski definition) is 5. The average Bonchev–Trinajstić information content (AvgIpc) is 2.70. The molecule has 0 fully saturated rings. The Bertz CT molecular complexity index is 649. The van der Waals surface area contributed by atoms with Crippen molar-refractivity contribution in [3.8, 4) is 0 Å². The van der Waals surface area contributed by atoms with E-state index in [2.05, 4.69) is 20.1 Å². The summed E-state index contributed by atoms with van der Waals surface area (Å²) in [4.78, 5) is 4.24. The molecule has 2 heterocycles. The lowest BCUT2D eigenvalue weighted by Crippen LogP contribution is -2.26. The van der Waals surface area contributed by atoms with Gasteiger partial charge in [-0.05, 0) is 31.7 Å². The molecule has 0 atom stereocenters. The Labute approximate surface area is 105 Å². The van der Waals surface area contributed by atoms with Gasteiger partial charge in [0.15, 0.2) is 5.65 Å². The molecule has 98 valence electrons. The molecular formula is C10H15N5O2S. The first-order valence-electron chi connectivity index (χ1n) is 5.48. The first-order valence-corrected chi connectivity index (χ1v) is 7.13. The van der Waals surface area contributed by atoms with Crippen molar-refractivity contribution in [2.24, 2.45) is 0 Å². The Hall–Kier alpha value is -1.67. The molecular weight excluding hydrogens is 254 g/mol. The Balaban J connectivity index is 2.04. The number of rotatable bonds is 5. The van der Waals surface area contributed by atoms with Crippen LogP contribution in [-0.4, -0.2) is 42.4 Å². The monoisotopic (exact) mass is 269 g/mol. The Morgan fingerprint density at radius 2 is 2.22 bits per heavy atom. The van der Waals surface area contributed by atoms with Gasteiger partial charge in [-0.25, -0.2) is 17.7 Å². The standard InChI is InChI=1S/C10H15N5O2S/c1-8-3-5-15-9(7-8)13-10(14-15)12-4-6-18(16,17)11-2/h3,5,7,11H,4,6H2,1-2H3,(H,12,14). The summed E-state index contributed by atoms with van der Waals surface area (Å²) in [6, 6.07) is 3.83. The molecule has 0 aliphatic rings. The van der Waals surface area contributed by atoms with Crippen molar-refractivity contribution >= 4 is 21.6 Å². The van der Waals surface area contributed by atoms with Gasteiger partial charge in [0.2, 0.25) is 16.0 Å². The van der Waals surface area contributed by atoms with Crippen LogP contribution in [0.3, 0.4) is 0 Å². The fourth-order valence-corrected chi connectivity index (χ4v) is 2.03. The Morgan fingerprint density at radius 1 is 1.44 bits per heavy atom. The number of fused-ring (bicyclic) bond motifs is 1. The zero-order chi connectivity index (χ0) is 13.2. The summed E-state index contributed by atoms with van der Waals surface area (Å²) in [6.45, 7) is 2.24. The number of aromatic nitrogens is 3. The van der Waals surface area contributed by atoms with E-state index < -0.39 is 10.0 Å². The molecule has 0 bridgehead atoms. The molecule has 2 aromatic rings. The number of anilines is 1. The van der Waals surface area contributed by atoms with Crippen LogP contribution in [-0.2, 0) is 10.0 Å². The van der Waals surface area contributed by atoms with Crippen molar-refractivity contribution in [2.75, 3.05) is 24.7 Å². The lowest BCUT2D eigenvalue weighted by atomic mass is 10.3. The highest BCUT2D eigenvalue weighted by Crippen LogP contribution is 2.07. The molecule has 2 rings (SSSR count). The van der Waals surface area contributed by atoms with Crippen LogP contribution in [0.1, 0.15) is 5.56 Å². The predicted octanol–water partition coefficient (Wildman–Crippen LogP) is -0.00118. The smallest absolute Gasteiger partial charge is 0.243 e. The summed E-state index contributed by atoms with van der Waals surface area (Å²) >= 11 is 0. The van der Waals surface area contributed by atoms with Gasteiger partial charge in [-0.3, -0.25) is 0 Å². The van der Waals surface area contributed by atoms with E-state index in [0.29, 0.717) is 5.95 Å². The van der Waals surface area contributed by atoms with Crippen molar-refractivity contribution in [1.29, 1.82) is 0 Å². The van der Waals surface area contributed by atoms with Crippen LogP contribution in [0, 0.1) is 6.92 Å². The van der Waals surface area contributed by atoms with Crippen LogP contribution in [0.25, 0.3) is 5.65 Å². The van der Waals surface area contributed by atoms with Crippen molar-refractivity contribution in [3.05, 3.63) is 23.9 Å². The highest BCUT2D eigenvalue weighted by molar-refractivity contribution is 7.89. The van der Waals surface area contributed by atoms with Gasteiger partial charge in [0.25, 0.3) is 0 Å². The van der Waals surface area contributed by atoms with Gasteiger partial charge in [0, 0.05) is 12.7 Å². The van der Waals surface area contributed by atoms with E-state index in [1.54, 1.807) is 4.52 Å². The van der Waals surface area contributed by atoms with Crippen LogP contribution in [0.15, 0.2) is 18.3 Å². The number of sulfonamides is 1. The van der Waals surface area contributed by atoms with Crippen molar-refractivity contribution < 1.29 is 8.42 Å². The highest BCUT2D eigenvalue weighted by Gasteiger charge is 2.07. The largest absolute Gasteiger partial charge is 0.352 e. The number of hydrogen-bond donors (Lipinski definition) is 2. The molecule has 0 unspecified atom stereocenters. The van der Waals surface area contributed by atoms with E-state index in [9.17, 15) is 8.42 Å². The van der Waals surface area contributed by atoms with E-state index in [4.69, 9.17) is 0 Å². The normalized spacial score (nSPS) is 11.9. The van der Waals surface area contributed by atoms with E-state index in [1.807, 2.05) is 25.3 Å². The van der Waals surface area contributed by atoms with Crippen molar-refractivity contribution in [2.45, 2.75) is 6.92 Å². The first kappa shape index (κ1) is 12.8. The predicted molar refractivity (Wildman–Crippen MR) is 69.1 cm³/mol. The lowest BCUT2D eigenvalue weighted by molar-refractivity contribution is 0.588. The minimum atomic E-state index is -3.20. The Kier molecular flexibility index (Phi) is 3.48. The van der Waals surface area contributed by atoms with Gasteiger partial charge in [-0.2, -0.15) is 4.98 Å². The zero-order valence-corrected chi connectivity index (χ0v) is 11.0. The first-order chi connectivity index (χ1) is 8.50. The third-order valence-corrected chi connectivity index (χ3v) is 3.82. The molecule has 0 aromatic carbocycles. The maximum atomic E-state index is 11.2. The number of pyridine rings is 1. The molecule has 0 spiro atoms. The molecule has 0 aliphatic carbocycles. The third-order valence-electron chi connectivity index (χ3n) is 2.46. The Morgan fingerprint density at radius 3 is 2.94 bits per heavy atom. The quantitative estimate of drug-likeness (QED) is 0.797. The lowest BCUT2D eigenvalue weighted by Gasteiger charge is -2.02. The van der Waals surface area contributed by atoms with E-state index in [0.717, 1.165) is 11.2 Å². The van der Waals surface area contributed by atoms with Crippen LogP contribution in [0.5, 0.6) is 0 Å². The highest BCUT2D eigenvalue weighted by atomic mass is 32.2. The second kappa shape index (κ2) is 4.91. The van der Waals surface area contributed by atoms with Gasteiger partial charge in [-0.1, -0.05) is 0 Å². The number of aryl methyl sites for hydroxylation is 1. The van der Waals surface area contributed by atoms with Gasteiger partial charge >= 0.3 is 0 Å². The average molecular weight is 269 g/mol. The summed E-state index contributed by atoms with van der Waals surface area (Å²) in [5.74, 6) is 0.407. The fraction of sp³-hybridized carbons (Fsp3) is 0.400. The van der Waals surface area contributed by atoms with Crippen LogP contribution >= 0.6 is 0 Å². The molecule has 0 aliphatic heterocycles. The van der Waals surface area contributed by atoms with Gasteiger partial charge in [0.1, 0.15) is 0 Å². The SMILES string of the molecule is CNS(=O)(=O)CCNc1nc2cc(C)ccn2n1. The molecule has 0 saturated heterocycles. The molecule has 18 heavy (non-hydrogen) atoms. The fourth-order valence-electron chi connectivity index (χ4n) is 1.46. The second-order valence-corrected chi connectivity index (χ2v) is 5.94. The molecule has 2 N–H and O–H groups in total. The molecule has 0 saturated carbocycles. The van der Waals surface area contributed by atoms with Crippen molar-refractivity contribution in [3.63, 3.8) is 0 Å². The van der Waals surface area contributed by atoms with Crippen molar-refractivity contribution in [1.82, 2.24) is 19.3 Å². The summed E-state index contributed by atoms with van der Waals surface area (Å²) < 4.78 is 26.3. The van der Waals surface area contributed by atoms with Crippen LogP contribution < -0.4 is 10.0 Å². The summed E-state index contributed by atoms with van der Waals surface area (Å²) in [5, 5.41) is 7.06. The summed E-state index contributed by atoms with van der Waals surface area (Å²) in [6.07, 6.45) is 1.81. The minimum absolute atomic E-state index is 0.0158. The maximum Gasteiger partial charge on any atom is 0.243 e. The topological polar surface area (TPSA) is 88.4 Å². The molecule has 8 heteroatoms. The molecule has 2 aromatic heterocycles. The van der Waals surface area contributed by atoms with Gasteiger partial charge in [-0.15, -0.1) is 5.10 Å². The van der Waals surface area contributed by atoms with Gasteiger partial charge in [0.05, 0.1) is 5.75 Å². The van der Waals surface area contributed by atoms with E-state index in [1.165, 1.54) is 7.05 Å². The van der Waals surface area contributed by atoms with E-state index in [-0.39, 0.29) is 12.3 Å². The minimum Gasteiger partial charge on any atom is -0.352 e. The summed E-state index contributed by atoms with van der Waals surface area (Å²) in [7, 11) is -1.81. The molecule has 7 nitrogen and oxygen atoms in total. The number of nitrogens with zero attached hydrogens (tertiary/aromatic N) is 3. The van der Waals surface area contributed by atoms with E-state index >= 15 is 0 Å². The van der Waals surface area contributed by atoms with Crippen LogP contribution in [0.2, 0.25) is 0 Å². The zero-order valence-electron chi connectivity index (χ0n) is 10.2. The van der Waals surface area contributed by atoms with Crippen LogP contribution in [0.4, 0.5) is 5.95 Å².